The van der Waals surface area contributed by atoms with Gasteiger partial charge in [0, 0.05) is 24.5 Å². The SMILES string of the molecule is CSCC(C)N(C)C(CN)c1ccccn1. The summed E-state index contributed by atoms with van der Waals surface area (Å²) in [7, 11) is 2.12. The second-order valence-corrected chi connectivity index (χ2v) is 4.89. The van der Waals surface area contributed by atoms with Gasteiger partial charge in [-0.2, -0.15) is 11.8 Å². The van der Waals surface area contributed by atoms with Crippen LogP contribution in [-0.2, 0) is 0 Å². The van der Waals surface area contributed by atoms with Crippen molar-refractivity contribution >= 4 is 11.8 Å². The number of hydrogen-bond donors (Lipinski definition) is 1. The van der Waals surface area contributed by atoms with E-state index in [-0.39, 0.29) is 6.04 Å². The molecule has 2 atom stereocenters. The van der Waals surface area contributed by atoms with Crippen LogP contribution in [0.5, 0.6) is 0 Å². The summed E-state index contributed by atoms with van der Waals surface area (Å²) >= 11 is 1.86. The molecule has 0 aliphatic rings. The maximum atomic E-state index is 5.85. The normalized spacial score (nSPS) is 15.1. The van der Waals surface area contributed by atoms with Crippen molar-refractivity contribution in [2.75, 3.05) is 25.6 Å². The predicted octanol–water partition coefficient (Wildman–Crippen LogP) is 1.76. The number of nitrogens with zero attached hydrogens (tertiary/aromatic N) is 2. The minimum atomic E-state index is 0.211. The van der Waals surface area contributed by atoms with Crippen LogP contribution in [0.15, 0.2) is 24.4 Å². The fourth-order valence-corrected chi connectivity index (χ4v) is 2.45. The molecule has 1 aromatic heterocycles. The lowest BCUT2D eigenvalue weighted by atomic mass is 10.1. The molecule has 2 N–H and O–H groups in total. The maximum absolute atomic E-state index is 5.85. The highest BCUT2D eigenvalue weighted by atomic mass is 32.2. The molecule has 2 unspecified atom stereocenters. The lowest BCUT2D eigenvalue weighted by Gasteiger charge is -2.31. The van der Waals surface area contributed by atoms with Gasteiger partial charge in [0.1, 0.15) is 0 Å². The van der Waals surface area contributed by atoms with E-state index in [1.54, 1.807) is 0 Å². The molecule has 1 heterocycles. The molecule has 1 rings (SSSR count). The monoisotopic (exact) mass is 239 g/mol. The van der Waals surface area contributed by atoms with Crippen molar-refractivity contribution in [3.05, 3.63) is 30.1 Å². The van der Waals surface area contributed by atoms with E-state index in [2.05, 4.69) is 30.1 Å². The molecule has 0 amide bonds. The third-order valence-corrected chi connectivity index (χ3v) is 3.66. The highest BCUT2D eigenvalue weighted by molar-refractivity contribution is 7.98. The first kappa shape index (κ1) is 13.5. The second-order valence-electron chi connectivity index (χ2n) is 3.98. The Balaban J connectivity index is 2.74. The van der Waals surface area contributed by atoms with Crippen LogP contribution in [0.25, 0.3) is 0 Å². The van der Waals surface area contributed by atoms with Crippen molar-refractivity contribution in [1.29, 1.82) is 0 Å². The van der Waals surface area contributed by atoms with Crippen LogP contribution in [0.3, 0.4) is 0 Å². The van der Waals surface area contributed by atoms with Gasteiger partial charge in [-0.15, -0.1) is 0 Å². The van der Waals surface area contributed by atoms with E-state index in [1.807, 2.05) is 36.2 Å². The first-order chi connectivity index (χ1) is 7.70. The number of rotatable bonds is 6. The Bertz CT molecular complexity index is 292. The molecular weight excluding hydrogens is 218 g/mol. The zero-order chi connectivity index (χ0) is 12.0. The summed E-state index contributed by atoms with van der Waals surface area (Å²) < 4.78 is 0. The topological polar surface area (TPSA) is 42.1 Å². The molecule has 16 heavy (non-hydrogen) atoms. The van der Waals surface area contributed by atoms with Crippen LogP contribution < -0.4 is 5.73 Å². The Morgan fingerprint density at radius 2 is 2.25 bits per heavy atom. The first-order valence-corrected chi connectivity index (χ1v) is 6.92. The Morgan fingerprint density at radius 3 is 2.75 bits per heavy atom. The quantitative estimate of drug-likeness (QED) is 0.821. The summed E-state index contributed by atoms with van der Waals surface area (Å²) in [5.74, 6) is 1.11. The lowest BCUT2D eigenvalue weighted by molar-refractivity contribution is 0.200. The summed E-state index contributed by atoms with van der Waals surface area (Å²) in [6.07, 6.45) is 3.95. The number of nitrogens with two attached hydrogens (primary N) is 1. The molecule has 0 bridgehead atoms. The minimum absolute atomic E-state index is 0.211. The molecule has 4 heteroatoms. The standard InChI is InChI=1S/C12H21N3S/c1-10(9-16-3)15(2)12(8-13)11-6-4-5-7-14-11/h4-7,10,12H,8-9,13H2,1-3H3. The van der Waals surface area contributed by atoms with Gasteiger partial charge in [-0.3, -0.25) is 9.88 Å². The number of hydrogen-bond acceptors (Lipinski definition) is 4. The Labute approximate surface area is 102 Å². The van der Waals surface area contributed by atoms with Crippen LogP contribution in [0.2, 0.25) is 0 Å². The third kappa shape index (κ3) is 3.47. The highest BCUT2D eigenvalue weighted by Crippen LogP contribution is 2.19. The van der Waals surface area contributed by atoms with Crippen molar-refractivity contribution in [1.82, 2.24) is 9.88 Å². The van der Waals surface area contributed by atoms with Crippen LogP contribution >= 0.6 is 11.8 Å². The Morgan fingerprint density at radius 1 is 1.50 bits per heavy atom. The third-order valence-electron chi connectivity index (χ3n) is 2.85. The zero-order valence-corrected chi connectivity index (χ0v) is 11.1. The van der Waals surface area contributed by atoms with Gasteiger partial charge < -0.3 is 5.73 Å². The van der Waals surface area contributed by atoms with E-state index in [1.165, 1.54) is 0 Å². The molecule has 0 fully saturated rings. The largest absolute Gasteiger partial charge is 0.329 e. The molecule has 90 valence electrons. The highest BCUT2D eigenvalue weighted by Gasteiger charge is 2.20. The molecule has 0 saturated carbocycles. The molecule has 3 nitrogen and oxygen atoms in total. The first-order valence-electron chi connectivity index (χ1n) is 5.52. The summed E-state index contributed by atoms with van der Waals surface area (Å²) in [4.78, 5) is 6.69. The molecule has 0 radical (unpaired) electrons. The van der Waals surface area contributed by atoms with Crippen LogP contribution in [0.4, 0.5) is 0 Å². The maximum Gasteiger partial charge on any atom is 0.0644 e. The van der Waals surface area contributed by atoms with Gasteiger partial charge >= 0.3 is 0 Å². The molecule has 1 aromatic rings. The van der Waals surface area contributed by atoms with Gasteiger partial charge in [0.05, 0.1) is 11.7 Å². The molecular formula is C12H21N3S. The van der Waals surface area contributed by atoms with Gasteiger partial charge in [-0.1, -0.05) is 6.07 Å². The van der Waals surface area contributed by atoms with E-state index in [0.717, 1.165) is 11.4 Å². The molecule has 0 spiro atoms. The number of pyridine rings is 1. The van der Waals surface area contributed by atoms with Gasteiger partial charge in [-0.25, -0.2) is 0 Å². The molecule has 0 aliphatic carbocycles. The van der Waals surface area contributed by atoms with E-state index in [9.17, 15) is 0 Å². The smallest absolute Gasteiger partial charge is 0.0644 e. The summed E-state index contributed by atoms with van der Waals surface area (Å²) in [5, 5.41) is 0. The predicted molar refractivity (Wildman–Crippen MR) is 71.6 cm³/mol. The van der Waals surface area contributed by atoms with Crippen molar-refractivity contribution in [2.45, 2.75) is 19.0 Å². The van der Waals surface area contributed by atoms with Crippen molar-refractivity contribution < 1.29 is 0 Å². The van der Waals surface area contributed by atoms with Gasteiger partial charge in [0.15, 0.2) is 0 Å². The zero-order valence-electron chi connectivity index (χ0n) is 10.3. The molecule has 0 saturated heterocycles. The Hall–Kier alpha value is -0.580. The summed E-state index contributed by atoms with van der Waals surface area (Å²) in [5.41, 5.74) is 6.91. The van der Waals surface area contributed by atoms with Crippen molar-refractivity contribution in [3.63, 3.8) is 0 Å². The van der Waals surface area contributed by atoms with E-state index in [0.29, 0.717) is 12.6 Å². The van der Waals surface area contributed by atoms with Crippen molar-refractivity contribution in [3.8, 4) is 0 Å². The van der Waals surface area contributed by atoms with Crippen LogP contribution in [-0.4, -0.2) is 41.5 Å². The van der Waals surface area contributed by atoms with Crippen LogP contribution in [0, 0.1) is 0 Å². The number of likely N-dealkylation sites (N-methyl/N-ethyl adjacent to an activating group) is 1. The average molecular weight is 239 g/mol. The minimum Gasteiger partial charge on any atom is -0.329 e. The van der Waals surface area contributed by atoms with Gasteiger partial charge in [0.2, 0.25) is 0 Å². The Kier molecular flexibility index (Phi) is 5.80. The van der Waals surface area contributed by atoms with E-state index in [4.69, 9.17) is 5.73 Å². The number of thioether (sulfide) groups is 1. The van der Waals surface area contributed by atoms with Gasteiger partial charge in [-0.05, 0) is 32.4 Å². The van der Waals surface area contributed by atoms with Gasteiger partial charge in [0.25, 0.3) is 0 Å². The number of aromatic nitrogens is 1. The fraction of sp³-hybridized carbons (Fsp3) is 0.583. The summed E-state index contributed by atoms with van der Waals surface area (Å²) in [6.45, 7) is 2.83. The second kappa shape index (κ2) is 6.89. The van der Waals surface area contributed by atoms with Crippen molar-refractivity contribution in [2.24, 2.45) is 5.73 Å². The van der Waals surface area contributed by atoms with E-state index < -0.39 is 0 Å². The summed E-state index contributed by atoms with van der Waals surface area (Å²) in [6, 6.07) is 6.70. The van der Waals surface area contributed by atoms with E-state index >= 15 is 0 Å². The lowest BCUT2D eigenvalue weighted by Crippen LogP contribution is -2.38. The average Bonchev–Trinajstić information content (AvgIpc) is 2.31. The van der Waals surface area contributed by atoms with Crippen LogP contribution in [0.1, 0.15) is 18.7 Å². The fourth-order valence-electron chi connectivity index (χ4n) is 1.73. The molecule has 0 aromatic carbocycles. The molecule has 0 aliphatic heterocycles.